The van der Waals surface area contributed by atoms with Crippen molar-refractivity contribution in [1.82, 2.24) is 4.90 Å². The van der Waals surface area contributed by atoms with E-state index in [9.17, 15) is 9.59 Å². The zero-order chi connectivity index (χ0) is 20.1. The summed E-state index contributed by atoms with van der Waals surface area (Å²) in [6, 6.07) is 12.8. The Bertz CT molecular complexity index is 896. The second-order valence-corrected chi connectivity index (χ2v) is 8.12. The van der Waals surface area contributed by atoms with Crippen LogP contribution in [0, 0.1) is 0 Å². The van der Waals surface area contributed by atoms with Crippen LogP contribution in [-0.4, -0.2) is 48.8 Å². The van der Waals surface area contributed by atoms with Crippen LogP contribution < -0.4 is 14.8 Å². The molecule has 0 bridgehead atoms. The van der Waals surface area contributed by atoms with E-state index in [1.54, 1.807) is 24.3 Å². The van der Waals surface area contributed by atoms with Gasteiger partial charge in [-0.2, -0.15) is 0 Å². The lowest BCUT2D eigenvalue weighted by atomic mass is 10.1. The van der Waals surface area contributed by atoms with E-state index in [0.29, 0.717) is 30.2 Å². The van der Waals surface area contributed by atoms with E-state index in [1.165, 1.54) is 18.2 Å². The molecule has 2 aliphatic rings. The quantitative estimate of drug-likeness (QED) is 0.757. The summed E-state index contributed by atoms with van der Waals surface area (Å²) < 4.78 is 11.1. The highest BCUT2D eigenvalue weighted by atomic mass is 32.2. The SMILES string of the molecule is O=C(CSc1ccc2c(c1)OCCO2)Nc1cccc(C(=O)N2CCCCC2)c1. The summed E-state index contributed by atoms with van der Waals surface area (Å²) >= 11 is 1.43. The topological polar surface area (TPSA) is 67.9 Å². The first-order valence-corrected chi connectivity index (χ1v) is 10.9. The molecule has 0 aliphatic carbocycles. The number of carbonyl (C=O) groups excluding carboxylic acids is 2. The molecule has 2 aliphatic heterocycles. The molecule has 0 radical (unpaired) electrons. The van der Waals surface area contributed by atoms with Gasteiger partial charge in [-0.15, -0.1) is 11.8 Å². The van der Waals surface area contributed by atoms with E-state index in [1.807, 2.05) is 23.1 Å². The summed E-state index contributed by atoms with van der Waals surface area (Å²) in [7, 11) is 0. The molecule has 2 aromatic rings. The number of benzene rings is 2. The monoisotopic (exact) mass is 412 g/mol. The molecule has 1 fully saturated rings. The fraction of sp³-hybridized carbons (Fsp3) is 0.364. The number of likely N-dealkylation sites (tertiary alicyclic amines) is 1. The normalized spacial score (nSPS) is 15.7. The fourth-order valence-corrected chi connectivity index (χ4v) is 4.19. The molecule has 152 valence electrons. The number of anilines is 1. The standard InChI is InChI=1S/C22H24N2O4S/c25-21(15-29-18-7-8-19-20(14-18)28-12-11-27-19)23-17-6-4-5-16(13-17)22(26)24-9-2-1-3-10-24/h4-8,13-14H,1-3,9-12,15H2,(H,23,25). The molecule has 0 spiro atoms. The lowest BCUT2D eigenvalue weighted by Crippen LogP contribution is -2.35. The highest BCUT2D eigenvalue weighted by Crippen LogP contribution is 2.34. The first kappa shape index (κ1) is 19.6. The largest absolute Gasteiger partial charge is 0.486 e. The highest BCUT2D eigenvalue weighted by molar-refractivity contribution is 8.00. The second kappa shape index (κ2) is 9.22. The van der Waals surface area contributed by atoms with Gasteiger partial charge in [0.15, 0.2) is 11.5 Å². The molecule has 2 aromatic carbocycles. The first-order chi connectivity index (χ1) is 14.2. The van der Waals surface area contributed by atoms with Gasteiger partial charge < -0.3 is 19.7 Å². The van der Waals surface area contributed by atoms with Crippen molar-refractivity contribution in [2.45, 2.75) is 24.2 Å². The van der Waals surface area contributed by atoms with E-state index in [0.717, 1.165) is 36.6 Å². The molecule has 0 unspecified atom stereocenters. The maximum Gasteiger partial charge on any atom is 0.253 e. The Hall–Kier alpha value is -2.67. The van der Waals surface area contributed by atoms with Crippen LogP contribution in [0.15, 0.2) is 47.4 Å². The van der Waals surface area contributed by atoms with Gasteiger partial charge >= 0.3 is 0 Å². The number of fused-ring (bicyclic) bond motifs is 1. The average molecular weight is 413 g/mol. The summed E-state index contributed by atoms with van der Waals surface area (Å²) in [4.78, 5) is 27.9. The summed E-state index contributed by atoms with van der Waals surface area (Å²) in [6.07, 6.45) is 3.29. The Morgan fingerprint density at radius 1 is 0.966 bits per heavy atom. The van der Waals surface area contributed by atoms with Crippen molar-refractivity contribution in [3.63, 3.8) is 0 Å². The van der Waals surface area contributed by atoms with E-state index in [2.05, 4.69) is 5.32 Å². The molecule has 0 aromatic heterocycles. The number of hydrogen-bond acceptors (Lipinski definition) is 5. The van der Waals surface area contributed by atoms with E-state index in [-0.39, 0.29) is 17.6 Å². The van der Waals surface area contributed by atoms with Gasteiger partial charge in [0.05, 0.1) is 5.75 Å². The molecule has 7 heteroatoms. The van der Waals surface area contributed by atoms with Crippen LogP contribution >= 0.6 is 11.8 Å². The summed E-state index contributed by atoms with van der Waals surface area (Å²) in [5.41, 5.74) is 1.25. The third-order valence-corrected chi connectivity index (χ3v) is 5.91. The van der Waals surface area contributed by atoms with Gasteiger partial charge in [-0.1, -0.05) is 6.07 Å². The smallest absolute Gasteiger partial charge is 0.253 e. The number of ether oxygens (including phenoxy) is 2. The minimum Gasteiger partial charge on any atom is -0.486 e. The van der Waals surface area contributed by atoms with Crippen LogP contribution in [0.5, 0.6) is 11.5 Å². The Morgan fingerprint density at radius 2 is 1.76 bits per heavy atom. The van der Waals surface area contributed by atoms with Crippen LogP contribution in [0.1, 0.15) is 29.6 Å². The minimum atomic E-state index is -0.118. The van der Waals surface area contributed by atoms with Crippen molar-refractivity contribution in [2.75, 3.05) is 37.4 Å². The number of nitrogens with zero attached hydrogens (tertiary/aromatic N) is 1. The number of carbonyl (C=O) groups is 2. The van der Waals surface area contributed by atoms with Crippen molar-refractivity contribution >= 4 is 29.3 Å². The zero-order valence-electron chi connectivity index (χ0n) is 16.2. The Balaban J connectivity index is 1.33. The molecular formula is C22H24N2O4S. The maximum absolute atomic E-state index is 12.7. The number of rotatable bonds is 5. The number of piperidine rings is 1. The fourth-order valence-electron chi connectivity index (χ4n) is 3.47. The van der Waals surface area contributed by atoms with Crippen molar-refractivity contribution in [1.29, 1.82) is 0 Å². The van der Waals surface area contributed by atoms with Gasteiger partial charge in [0.2, 0.25) is 5.91 Å². The van der Waals surface area contributed by atoms with Gasteiger partial charge in [0.1, 0.15) is 13.2 Å². The molecule has 0 saturated carbocycles. The third-order valence-electron chi connectivity index (χ3n) is 4.92. The van der Waals surface area contributed by atoms with Crippen molar-refractivity contribution < 1.29 is 19.1 Å². The Labute approximate surface area is 174 Å². The molecule has 2 amide bonds. The summed E-state index contributed by atoms with van der Waals surface area (Å²) in [6.45, 7) is 2.71. The first-order valence-electron chi connectivity index (χ1n) is 9.91. The van der Waals surface area contributed by atoms with E-state index in [4.69, 9.17) is 9.47 Å². The van der Waals surface area contributed by atoms with Gasteiger partial charge in [-0.05, 0) is 55.7 Å². The van der Waals surface area contributed by atoms with Gasteiger partial charge in [-0.25, -0.2) is 0 Å². The minimum absolute atomic E-state index is 0.0338. The molecule has 0 atom stereocenters. The van der Waals surface area contributed by atoms with Crippen LogP contribution in [0.4, 0.5) is 5.69 Å². The lowest BCUT2D eigenvalue weighted by Gasteiger charge is -2.26. The van der Waals surface area contributed by atoms with Crippen LogP contribution in [0.3, 0.4) is 0 Å². The maximum atomic E-state index is 12.7. The number of hydrogen-bond donors (Lipinski definition) is 1. The van der Waals surface area contributed by atoms with Crippen molar-refractivity contribution in [3.8, 4) is 11.5 Å². The second-order valence-electron chi connectivity index (χ2n) is 7.08. The molecule has 6 nitrogen and oxygen atoms in total. The number of amides is 2. The van der Waals surface area contributed by atoms with Crippen LogP contribution in [-0.2, 0) is 4.79 Å². The average Bonchev–Trinajstić information content (AvgIpc) is 2.78. The van der Waals surface area contributed by atoms with Gasteiger partial charge in [0, 0.05) is 29.2 Å². The number of thioether (sulfide) groups is 1. The summed E-state index contributed by atoms with van der Waals surface area (Å²) in [5, 5.41) is 2.89. The zero-order valence-corrected chi connectivity index (χ0v) is 17.0. The molecule has 1 saturated heterocycles. The molecular weight excluding hydrogens is 388 g/mol. The van der Waals surface area contributed by atoms with E-state index < -0.39 is 0 Å². The summed E-state index contributed by atoms with van der Waals surface area (Å²) in [5.74, 6) is 1.63. The van der Waals surface area contributed by atoms with Crippen LogP contribution in [0.25, 0.3) is 0 Å². The highest BCUT2D eigenvalue weighted by Gasteiger charge is 2.18. The van der Waals surface area contributed by atoms with Crippen molar-refractivity contribution in [3.05, 3.63) is 48.0 Å². The third kappa shape index (κ3) is 5.03. The van der Waals surface area contributed by atoms with E-state index >= 15 is 0 Å². The Kier molecular flexibility index (Phi) is 6.24. The van der Waals surface area contributed by atoms with Crippen LogP contribution in [0.2, 0.25) is 0 Å². The van der Waals surface area contributed by atoms with Gasteiger partial charge in [-0.3, -0.25) is 9.59 Å². The predicted octanol–water partition coefficient (Wildman–Crippen LogP) is 3.81. The Morgan fingerprint density at radius 3 is 2.59 bits per heavy atom. The van der Waals surface area contributed by atoms with Crippen molar-refractivity contribution in [2.24, 2.45) is 0 Å². The lowest BCUT2D eigenvalue weighted by molar-refractivity contribution is -0.113. The number of nitrogens with one attached hydrogen (secondary N) is 1. The molecule has 2 heterocycles. The molecule has 29 heavy (non-hydrogen) atoms. The predicted molar refractivity (Wildman–Crippen MR) is 113 cm³/mol. The van der Waals surface area contributed by atoms with Gasteiger partial charge in [0.25, 0.3) is 5.91 Å². The molecule has 1 N–H and O–H groups in total. The molecule has 4 rings (SSSR count).